The number of hydrogen-bond donors (Lipinski definition) is 1. The van der Waals surface area contributed by atoms with Gasteiger partial charge in [0, 0.05) is 25.4 Å². The van der Waals surface area contributed by atoms with E-state index in [-0.39, 0.29) is 18.9 Å². The summed E-state index contributed by atoms with van der Waals surface area (Å²) in [5, 5.41) is 11.2. The van der Waals surface area contributed by atoms with E-state index in [1.54, 1.807) is 12.4 Å². The molecule has 1 N–H and O–H groups in total. The van der Waals surface area contributed by atoms with Crippen LogP contribution in [0, 0.1) is 5.92 Å². The molecule has 0 bridgehead atoms. The summed E-state index contributed by atoms with van der Waals surface area (Å²) < 4.78 is 0. The van der Waals surface area contributed by atoms with E-state index in [9.17, 15) is 9.59 Å². The lowest BCUT2D eigenvalue weighted by molar-refractivity contribution is -0.137. The van der Waals surface area contributed by atoms with E-state index in [2.05, 4.69) is 18.8 Å². The molecule has 0 spiro atoms. The number of rotatable bonds is 6. The van der Waals surface area contributed by atoms with E-state index >= 15 is 0 Å². The van der Waals surface area contributed by atoms with Crippen molar-refractivity contribution in [2.75, 3.05) is 13.6 Å². The number of amides is 1. The summed E-state index contributed by atoms with van der Waals surface area (Å²) >= 11 is 1.47. The van der Waals surface area contributed by atoms with Crippen LogP contribution in [-0.2, 0) is 11.2 Å². The molecule has 0 atom stereocenters. The highest BCUT2D eigenvalue weighted by Gasteiger charge is 2.16. The lowest BCUT2D eigenvalue weighted by Gasteiger charge is -2.14. The third kappa shape index (κ3) is 4.44. The summed E-state index contributed by atoms with van der Waals surface area (Å²) in [4.78, 5) is 28.0. The smallest absolute Gasteiger partial charge is 0.305 e. The van der Waals surface area contributed by atoms with Crippen molar-refractivity contribution in [2.24, 2.45) is 5.92 Å². The lowest BCUT2D eigenvalue weighted by atomic mass is 10.1. The molecule has 1 aromatic heterocycles. The zero-order valence-electron chi connectivity index (χ0n) is 10.8. The molecule has 100 valence electrons. The third-order valence-electron chi connectivity index (χ3n) is 2.36. The zero-order valence-corrected chi connectivity index (χ0v) is 11.7. The Labute approximate surface area is 110 Å². The number of carbonyl (C=O) groups is 2. The number of nitrogens with zero attached hydrogens (tertiary/aromatic N) is 2. The molecule has 0 saturated carbocycles. The Morgan fingerprint density at radius 1 is 1.50 bits per heavy atom. The fourth-order valence-corrected chi connectivity index (χ4v) is 2.39. The van der Waals surface area contributed by atoms with E-state index in [1.807, 2.05) is 0 Å². The first-order valence-corrected chi connectivity index (χ1v) is 6.69. The van der Waals surface area contributed by atoms with Gasteiger partial charge in [0.2, 0.25) is 0 Å². The van der Waals surface area contributed by atoms with Crippen molar-refractivity contribution in [1.82, 2.24) is 9.88 Å². The number of carboxylic acids is 1. The van der Waals surface area contributed by atoms with Crippen LogP contribution < -0.4 is 0 Å². The molecule has 0 aliphatic rings. The Bertz CT molecular complexity index is 429. The van der Waals surface area contributed by atoms with Crippen LogP contribution in [0.5, 0.6) is 0 Å². The molecule has 0 radical (unpaired) electrons. The second kappa shape index (κ2) is 6.49. The molecule has 5 nitrogen and oxygen atoms in total. The second-order valence-corrected chi connectivity index (χ2v) is 5.54. The van der Waals surface area contributed by atoms with Crippen LogP contribution in [0.4, 0.5) is 0 Å². The fourth-order valence-electron chi connectivity index (χ4n) is 1.41. The van der Waals surface area contributed by atoms with Crippen molar-refractivity contribution in [3.05, 3.63) is 16.1 Å². The van der Waals surface area contributed by atoms with Gasteiger partial charge in [-0.05, 0) is 5.92 Å². The van der Waals surface area contributed by atoms with Gasteiger partial charge in [0.15, 0.2) is 0 Å². The van der Waals surface area contributed by atoms with Crippen LogP contribution in [0.2, 0.25) is 0 Å². The van der Waals surface area contributed by atoms with Crippen molar-refractivity contribution >= 4 is 23.2 Å². The van der Waals surface area contributed by atoms with Gasteiger partial charge < -0.3 is 10.0 Å². The highest BCUT2D eigenvalue weighted by atomic mass is 32.1. The van der Waals surface area contributed by atoms with Crippen LogP contribution in [0.1, 0.15) is 35.8 Å². The van der Waals surface area contributed by atoms with Gasteiger partial charge in [-0.1, -0.05) is 13.8 Å². The number of aliphatic carboxylic acids is 1. The molecule has 0 aliphatic carbocycles. The van der Waals surface area contributed by atoms with E-state index in [1.165, 1.54) is 16.2 Å². The van der Waals surface area contributed by atoms with Crippen LogP contribution in [0.3, 0.4) is 0 Å². The predicted octanol–water partition coefficient (Wildman–Crippen LogP) is 1.89. The molecule has 1 amide bonds. The van der Waals surface area contributed by atoms with Crippen molar-refractivity contribution < 1.29 is 14.7 Å². The number of carbonyl (C=O) groups excluding carboxylic acids is 1. The molecule has 0 aliphatic heterocycles. The third-order valence-corrected chi connectivity index (χ3v) is 3.23. The number of thiazole rings is 1. The molecule has 18 heavy (non-hydrogen) atoms. The summed E-state index contributed by atoms with van der Waals surface area (Å²) in [6, 6.07) is 0. The zero-order chi connectivity index (χ0) is 13.7. The minimum Gasteiger partial charge on any atom is -0.481 e. The summed E-state index contributed by atoms with van der Waals surface area (Å²) in [5.74, 6) is -0.625. The van der Waals surface area contributed by atoms with Crippen LogP contribution >= 0.6 is 11.3 Å². The van der Waals surface area contributed by atoms with E-state index in [0.717, 1.165) is 11.4 Å². The standard InChI is InChI=1S/C12H18N2O3S/c1-8(2)6-10-13-9(7-18-10)12(17)14(3)5-4-11(15)16/h7-8H,4-6H2,1-3H3,(H,15,16). The Kier molecular flexibility index (Phi) is 5.27. The Balaban J connectivity index is 2.60. The predicted molar refractivity (Wildman–Crippen MR) is 69.9 cm³/mol. The Morgan fingerprint density at radius 3 is 2.72 bits per heavy atom. The molecule has 0 saturated heterocycles. The maximum atomic E-state index is 11.9. The molecule has 0 aromatic carbocycles. The summed E-state index contributed by atoms with van der Waals surface area (Å²) in [5.41, 5.74) is 0.406. The summed E-state index contributed by atoms with van der Waals surface area (Å²) in [6.07, 6.45) is 0.808. The number of carboxylic acid groups (broad SMARTS) is 1. The second-order valence-electron chi connectivity index (χ2n) is 4.59. The maximum Gasteiger partial charge on any atom is 0.305 e. The largest absolute Gasteiger partial charge is 0.481 e. The monoisotopic (exact) mass is 270 g/mol. The van der Waals surface area contributed by atoms with Gasteiger partial charge in [0.05, 0.1) is 11.4 Å². The van der Waals surface area contributed by atoms with Crippen LogP contribution in [0.25, 0.3) is 0 Å². The fraction of sp³-hybridized carbons (Fsp3) is 0.583. The average molecular weight is 270 g/mol. The molecule has 1 aromatic rings. The van der Waals surface area contributed by atoms with Gasteiger partial charge in [-0.2, -0.15) is 0 Å². The quantitative estimate of drug-likeness (QED) is 0.857. The van der Waals surface area contributed by atoms with Crippen LogP contribution in [-0.4, -0.2) is 40.5 Å². The van der Waals surface area contributed by atoms with E-state index in [4.69, 9.17) is 5.11 Å². The highest BCUT2D eigenvalue weighted by molar-refractivity contribution is 7.09. The van der Waals surface area contributed by atoms with Crippen molar-refractivity contribution in [1.29, 1.82) is 0 Å². The van der Waals surface area contributed by atoms with Crippen LogP contribution in [0.15, 0.2) is 5.38 Å². The molecule has 0 fully saturated rings. The van der Waals surface area contributed by atoms with E-state index in [0.29, 0.717) is 11.6 Å². The Hall–Kier alpha value is -1.43. The molecule has 6 heteroatoms. The lowest BCUT2D eigenvalue weighted by Crippen LogP contribution is -2.29. The SMILES string of the molecule is CC(C)Cc1nc(C(=O)N(C)CCC(=O)O)cs1. The molecule has 1 rings (SSSR count). The summed E-state index contributed by atoms with van der Waals surface area (Å²) in [7, 11) is 1.59. The van der Waals surface area contributed by atoms with Gasteiger partial charge in [-0.25, -0.2) is 4.98 Å². The van der Waals surface area contributed by atoms with Crippen molar-refractivity contribution in [3.63, 3.8) is 0 Å². The molecular weight excluding hydrogens is 252 g/mol. The maximum absolute atomic E-state index is 11.9. The summed E-state index contributed by atoms with van der Waals surface area (Å²) in [6.45, 7) is 4.40. The molecule has 0 unspecified atom stereocenters. The normalized spacial score (nSPS) is 10.7. The topological polar surface area (TPSA) is 70.5 Å². The molecule has 1 heterocycles. The highest BCUT2D eigenvalue weighted by Crippen LogP contribution is 2.15. The van der Waals surface area contributed by atoms with Crippen molar-refractivity contribution in [2.45, 2.75) is 26.7 Å². The van der Waals surface area contributed by atoms with Gasteiger partial charge in [-0.3, -0.25) is 9.59 Å². The first-order chi connectivity index (χ1) is 8.40. The number of hydrogen-bond acceptors (Lipinski definition) is 4. The van der Waals surface area contributed by atoms with Gasteiger partial charge in [0.25, 0.3) is 5.91 Å². The minimum atomic E-state index is -0.909. The molecular formula is C12H18N2O3S. The number of aromatic nitrogens is 1. The average Bonchev–Trinajstić information content (AvgIpc) is 2.72. The van der Waals surface area contributed by atoms with Gasteiger partial charge >= 0.3 is 5.97 Å². The van der Waals surface area contributed by atoms with E-state index < -0.39 is 5.97 Å². The minimum absolute atomic E-state index is 0.0504. The van der Waals surface area contributed by atoms with Crippen molar-refractivity contribution in [3.8, 4) is 0 Å². The Morgan fingerprint density at radius 2 is 2.17 bits per heavy atom. The van der Waals surface area contributed by atoms with Gasteiger partial charge in [0.1, 0.15) is 5.69 Å². The first kappa shape index (κ1) is 14.6. The van der Waals surface area contributed by atoms with Gasteiger partial charge in [-0.15, -0.1) is 11.3 Å². The first-order valence-electron chi connectivity index (χ1n) is 5.81.